The first-order valence-electron chi connectivity index (χ1n) is 2.93. The van der Waals surface area contributed by atoms with Crippen LogP contribution in [0.4, 0.5) is 0 Å². The number of aliphatic carboxylic acids is 1. The summed E-state index contributed by atoms with van der Waals surface area (Å²) < 4.78 is 0. The van der Waals surface area contributed by atoms with Crippen molar-refractivity contribution in [2.75, 3.05) is 5.75 Å². The number of carbonyl (C=O) groups is 1. The fourth-order valence-electron chi connectivity index (χ4n) is 0.489. The number of carbonyl (C=O) groups excluding carboxylic acids is 1. The summed E-state index contributed by atoms with van der Waals surface area (Å²) in [5.74, 6) is -1.47. The molecule has 6 nitrogen and oxygen atoms in total. The molecule has 1 heterocycles. The number of carboxylic acid groups (broad SMARTS) is 1. The molecule has 0 fully saturated rings. The summed E-state index contributed by atoms with van der Waals surface area (Å²) >= 11 is 0.851. The van der Waals surface area contributed by atoms with Gasteiger partial charge in [0.05, 0.1) is 5.97 Å². The number of hydrogen-bond acceptors (Lipinski definition) is 6. The van der Waals surface area contributed by atoms with Gasteiger partial charge in [0.25, 0.3) is 5.56 Å². The van der Waals surface area contributed by atoms with E-state index in [1.807, 2.05) is 0 Å². The lowest BCUT2D eigenvalue weighted by Gasteiger charge is -1.98. The third kappa shape index (κ3) is 2.70. The maximum absolute atomic E-state index is 10.6. The Morgan fingerprint density at radius 2 is 2.50 bits per heavy atom. The molecule has 1 rings (SSSR count). The first-order valence-corrected chi connectivity index (χ1v) is 3.91. The average Bonchev–Trinajstić information content (AvgIpc) is 2.01. The Balaban J connectivity index is 2.64. The molecule has 0 saturated heterocycles. The van der Waals surface area contributed by atoms with Crippen molar-refractivity contribution in [3.05, 3.63) is 16.6 Å². The largest absolute Gasteiger partial charge is 0.549 e. The van der Waals surface area contributed by atoms with Crippen molar-refractivity contribution in [2.24, 2.45) is 0 Å². The predicted octanol–water partition coefficient (Wildman–Crippen LogP) is -1.99. The highest BCUT2D eigenvalue weighted by Crippen LogP contribution is 2.06. The summed E-state index contributed by atoms with van der Waals surface area (Å²) in [7, 11) is 0. The molecule has 1 aromatic rings. The van der Waals surface area contributed by atoms with Gasteiger partial charge in [0.2, 0.25) is 0 Å². The van der Waals surface area contributed by atoms with Crippen LogP contribution in [0.3, 0.4) is 0 Å². The van der Waals surface area contributed by atoms with Crippen LogP contribution in [0.2, 0.25) is 0 Å². The van der Waals surface area contributed by atoms with Gasteiger partial charge in [-0.3, -0.25) is 9.78 Å². The fourth-order valence-corrected chi connectivity index (χ4v) is 1.02. The molecule has 0 bridgehead atoms. The molecular formula is C5H4N3O3S-. The molecular weight excluding hydrogens is 182 g/mol. The summed E-state index contributed by atoms with van der Waals surface area (Å²) in [6.07, 6.45) is 1.00. The molecule has 0 aliphatic heterocycles. The van der Waals surface area contributed by atoms with E-state index in [-0.39, 0.29) is 10.9 Å². The van der Waals surface area contributed by atoms with Gasteiger partial charge in [0.1, 0.15) is 6.20 Å². The molecule has 0 atom stereocenters. The van der Waals surface area contributed by atoms with Crippen molar-refractivity contribution >= 4 is 17.7 Å². The molecule has 0 spiro atoms. The molecule has 12 heavy (non-hydrogen) atoms. The van der Waals surface area contributed by atoms with E-state index in [9.17, 15) is 14.7 Å². The lowest BCUT2D eigenvalue weighted by atomic mass is 10.8. The van der Waals surface area contributed by atoms with Crippen LogP contribution in [0.15, 0.2) is 16.1 Å². The minimum Gasteiger partial charge on any atom is -0.549 e. The molecule has 0 amide bonds. The van der Waals surface area contributed by atoms with Crippen molar-refractivity contribution in [3.8, 4) is 0 Å². The number of nitrogens with one attached hydrogen (secondary N) is 1. The number of aromatic amines is 1. The van der Waals surface area contributed by atoms with E-state index in [0.29, 0.717) is 0 Å². The van der Waals surface area contributed by atoms with E-state index in [4.69, 9.17) is 0 Å². The molecule has 0 aliphatic rings. The molecule has 0 radical (unpaired) electrons. The zero-order valence-electron chi connectivity index (χ0n) is 5.81. The Morgan fingerprint density at radius 3 is 3.08 bits per heavy atom. The van der Waals surface area contributed by atoms with Crippen LogP contribution in [0.1, 0.15) is 0 Å². The smallest absolute Gasteiger partial charge is 0.270 e. The summed E-state index contributed by atoms with van der Waals surface area (Å²) in [5, 5.41) is 17.0. The lowest BCUT2D eigenvalue weighted by molar-refractivity contribution is -0.301. The second kappa shape index (κ2) is 3.86. The number of aromatic nitrogens is 3. The first kappa shape index (κ1) is 8.72. The molecule has 1 N–H and O–H groups in total. The Morgan fingerprint density at radius 1 is 1.75 bits per heavy atom. The van der Waals surface area contributed by atoms with Crippen molar-refractivity contribution in [1.29, 1.82) is 0 Å². The predicted molar refractivity (Wildman–Crippen MR) is 38.4 cm³/mol. The van der Waals surface area contributed by atoms with E-state index in [2.05, 4.69) is 15.2 Å². The lowest BCUT2D eigenvalue weighted by Crippen LogP contribution is -2.24. The second-order valence-electron chi connectivity index (χ2n) is 1.80. The second-order valence-corrected chi connectivity index (χ2v) is 2.76. The van der Waals surface area contributed by atoms with Gasteiger partial charge in [-0.1, -0.05) is 11.8 Å². The summed E-state index contributed by atoms with van der Waals surface area (Å²) in [4.78, 5) is 22.9. The maximum Gasteiger partial charge on any atom is 0.270 e. The zero-order chi connectivity index (χ0) is 8.97. The number of H-pyrrole nitrogens is 1. The Bertz CT molecular complexity index is 337. The van der Waals surface area contributed by atoms with E-state index in [1.165, 1.54) is 0 Å². The third-order valence-corrected chi connectivity index (χ3v) is 1.72. The Hall–Kier alpha value is -1.37. The molecule has 7 heteroatoms. The minimum absolute atomic E-state index is 0.173. The van der Waals surface area contributed by atoms with Gasteiger partial charge in [0, 0.05) is 5.75 Å². The normalized spacial score (nSPS) is 9.67. The monoisotopic (exact) mass is 186 g/mol. The average molecular weight is 186 g/mol. The van der Waals surface area contributed by atoms with Crippen molar-refractivity contribution < 1.29 is 9.90 Å². The summed E-state index contributed by atoms with van der Waals surface area (Å²) in [6.45, 7) is 0. The van der Waals surface area contributed by atoms with E-state index in [0.717, 1.165) is 18.0 Å². The molecule has 64 valence electrons. The quantitative estimate of drug-likeness (QED) is 0.548. The van der Waals surface area contributed by atoms with Crippen LogP contribution >= 0.6 is 11.8 Å². The van der Waals surface area contributed by atoms with Crippen LogP contribution in [-0.4, -0.2) is 26.9 Å². The molecule has 0 saturated carbocycles. The number of thioether (sulfide) groups is 1. The number of hydrogen-bond donors (Lipinski definition) is 1. The summed E-state index contributed by atoms with van der Waals surface area (Å²) in [6, 6.07) is 0. The third-order valence-electron chi connectivity index (χ3n) is 0.880. The highest BCUT2D eigenvalue weighted by molar-refractivity contribution is 7.99. The maximum atomic E-state index is 10.6. The first-order chi connectivity index (χ1) is 5.68. The van der Waals surface area contributed by atoms with Gasteiger partial charge < -0.3 is 9.90 Å². The van der Waals surface area contributed by atoms with E-state index < -0.39 is 11.5 Å². The van der Waals surface area contributed by atoms with Crippen LogP contribution < -0.4 is 10.7 Å². The molecule has 0 aromatic carbocycles. The minimum atomic E-state index is -1.22. The Labute approximate surface area is 71.0 Å². The molecule has 0 unspecified atom stereocenters. The van der Waals surface area contributed by atoms with Gasteiger partial charge >= 0.3 is 0 Å². The summed E-state index contributed by atoms with van der Waals surface area (Å²) in [5.41, 5.74) is -0.411. The number of carboxylic acids is 1. The molecule has 1 aromatic heterocycles. The zero-order valence-corrected chi connectivity index (χ0v) is 6.63. The van der Waals surface area contributed by atoms with Gasteiger partial charge in [-0.15, -0.1) is 5.10 Å². The number of rotatable bonds is 3. The number of nitrogens with zero attached hydrogens (tertiary/aromatic N) is 2. The highest BCUT2D eigenvalue weighted by Gasteiger charge is 1.96. The molecule has 0 aliphatic carbocycles. The van der Waals surface area contributed by atoms with Gasteiger partial charge in [-0.05, 0) is 0 Å². The fraction of sp³-hybridized carbons (Fsp3) is 0.200. The van der Waals surface area contributed by atoms with Crippen molar-refractivity contribution in [2.45, 2.75) is 5.16 Å². The standard InChI is InChI=1S/C5H5N3O3S/c9-3-1-6-8-5(7-3)12-2-4(10)11/h1H,2H2,(H,10,11)(H,7,8,9)/p-1. The van der Waals surface area contributed by atoms with Gasteiger partial charge in [-0.25, -0.2) is 0 Å². The topological polar surface area (TPSA) is 98.8 Å². The van der Waals surface area contributed by atoms with Gasteiger partial charge in [0.15, 0.2) is 5.16 Å². The van der Waals surface area contributed by atoms with Crippen LogP contribution in [0.25, 0.3) is 0 Å². The van der Waals surface area contributed by atoms with E-state index >= 15 is 0 Å². The SMILES string of the molecule is O=C([O-])CSc1nncc(=O)[nH]1. The van der Waals surface area contributed by atoms with Crippen LogP contribution in [0.5, 0.6) is 0 Å². The highest BCUT2D eigenvalue weighted by atomic mass is 32.2. The van der Waals surface area contributed by atoms with E-state index in [1.54, 1.807) is 0 Å². The van der Waals surface area contributed by atoms with Crippen molar-refractivity contribution in [1.82, 2.24) is 15.2 Å². The van der Waals surface area contributed by atoms with Crippen LogP contribution in [-0.2, 0) is 4.79 Å². The van der Waals surface area contributed by atoms with Crippen LogP contribution in [0, 0.1) is 0 Å². The Kier molecular flexibility index (Phi) is 2.81. The van der Waals surface area contributed by atoms with Gasteiger partial charge in [-0.2, -0.15) is 5.10 Å². The van der Waals surface area contributed by atoms with Crippen molar-refractivity contribution in [3.63, 3.8) is 0 Å².